The van der Waals surface area contributed by atoms with Crippen molar-refractivity contribution in [1.82, 2.24) is 10.3 Å². The van der Waals surface area contributed by atoms with Gasteiger partial charge < -0.3 is 10.4 Å². The van der Waals surface area contributed by atoms with E-state index in [2.05, 4.69) is 34.1 Å². The Hall–Kier alpha value is -0.750. The van der Waals surface area contributed by atoms with Crippen LogP contribution in [0, 0.1) is 0 Å². The lowest BCUT2D eigenvalue weighted by molar-refractivity contribution is 0.160. The Kier molecular flexibility index (Phi) is 5.31. The predicted octanol–water partition coefficient (Wildman–Crippen LogP) is 3.12. The van der Waals surface area contributed by atoms with E-state index in [0.29, 0.717) is 6.54 Å². The SMILES string of the molecule is CCCC(O)CNCc1cnc(-c2ccsc2)s1. The Labute approximate surface area is 116 Å². The quantitative estimate of drug-likeness (QED) is 0.820. The summed E-state index contributed by atoms with van der Waals surface area (Å²) < 4.78 is 0. The van der Waals surface area contributed by atoms with Crippen LogP contribution >= 0.6 is 22.7 Å². The zero-order valence-corrected chi connectivity index (χ0v) is 12.1. The summed E-state index contributed by atoms with van der Waals surface area (Å²) in [5, 5.41) is 18.1. The maximum absolute atomic E-state index is 9.61. The molecule has 2 N–H and O–H groups in total. The maximum atomic E-state index is 9.61. The van der Waals surface area contributed by atoms with Gasteiger partial charge in [0.1, 0.15) is 5.01 Å². The summed E-state index contributed by atoms with van der Waals surface area (Å²) in [4.78, 5) is 5.62. The number of aliphatic hydroxyl groups excluding tert-OH is 1. The van der Waals surface area contributed by atoms with Gasteiger partial charge in [-0.05, 0) is 17.9 Å². The van der Waals surface area contributed by atoms with Gasteiger partial charge in [0.2, 0.25) is 0 Å². The van der Waals surface area contributed by atoms with E-state index in [1.807, 2.05) is 6.20 Å². The number of aromatic nitrogens is 1. The molecular formula is C13H18N2OS2. The van der Waals surface area contributed by atoms with E-state index in [4.69, 9.17) is 0 Å². The minimum Gasteiger partial charge on any atom is -0.392 e. The molecule has 0 aromatic carbocycles. The molecular weight excluding hydrogens is 264 g/mol. The molecule has 0 aliphatic rings. The van der Waals surface area contributed by atoms with Crippen molar-refractivity contribution in [3.63, 3.8) is 0 Å². The number of rotatable bonds is 7. The first-order chi connectivity index (χ1) is 8.79. The van der Waals surface area contributed by atoms with Gasteiger partial charge in [-0.2, -0.15) is 11.3 Å². The van der Waals surface area contributed by atoms with Crippen molar-refractivity contribution in [3.05, 3.63) is 27.9 Å². The molecule has 0 aliphatic carbocycles. The number of thiophene rings is 1. The zero-order chi connectivity index (χ0) is 12.8. The van der Waals surface area contributed by atoms with Gasteiger partial charge in [0.25, 0.3) is 0 Å². The third-order valence-corrected chi connectivity index (χ3v) is 4.35. The number of thiazole rings is 1. The summed E-state index contributed by atoms with van der Waals surface area (Å²) in [6.07, 6.45) is 3.55. The van der Waals surface area contributed by atoms with Gasteiger partial charge in [0, 0.05) is 35.1 Å². The smallest absolute Gasteiger partial charge is 0.124 e. The average Bonchev–Trinajstić information content (AvgIpc) is 2.99. The first-order valence-corrected chi connectivity index (χ1v) is 7.91. The van der Waals surface area contributed by atoms with E-state index in [0.717, 1.165) is 24.4 Å². The van der Waals surface area contributed by atoms with E-state index < -0.39 is 0 Å². The van der Waals surface area contributed by atoms with Crippen LogP contribution < -0.4 is 5.32 Å². The van der Waals surface area contributed by atoms with Crippen LogP contribution in [-0.4, -0.2) is 22.7 Å². The maximum Gasteiger partial charge on any atom is 0.124 e. The molecule has 2 aromatic heterocycles. The number of hydrogen-bond acceptors (Lipinski definition) is 5. The molecule has 2 heterocycles. The molecule has 1 atom stereocenters. The van der Waals surface area contributed by atoms with E-state index in [1.165, 1.54) is 10.4 Å². The fourth-order valence-corrected chi connectivity index (χ4v) is 3.30. The van der Waals surface area contributed by atoms with Gasteiger partial charge in [-0.25, -0.2) is 4.98 Å². The Bertz CT molecular complexity index is 453. The predicted molar refractivity (Wildman–Crippen MR) is 78.0 cm³/mol. The minimum atomic E-state index is -0.237. The molecule has 0 fully saturated rings. The van der Waals surface area contributed by atoms with Crippen LogP contribution in [0.2, 0.25) is 0 Å². The van der Waals surface area contributed by atoms with Crippen molar-refractivity contribution in [1.29, 1.82) is 0 Å². The summed E-state index contributed by atoms with van der Waals surface area (Å²) in [6, 6.07) is 2.09. The number of nitrogens with zero attached hydrogens (tertiary/aromatic N) is 1. The highest BCUT2D eigenvalue weighted by Crippen LogP contribution is 2.26. The highest BCUT2D eigenvalue weighted by Gasteiger charge is 2.06. The van der Waals surface area contributed by atoms with Crippen LogP contribution in [-0.2, 0) is 6.54 Å². The van der Waals surface area contributed by atoms with Crippen molar-refractivity contribution < 1.29 is 5.11 Å². The van der Waals surface area contributed by atoms with E-state index in [-0.39, 0.29) is 6.10 Å². The van der Waals surface area contributed by atoms with Gasteiger partial charge in [0.05, 0.1) is 6.10 Å². The van der Waals surface area contributed by atoms with Crippen LogP contribution in [0.3, 0.4) is 0 Å². The van der Waals surface area contributed by atoms with Crippen molar-refractivity contribution >= 4 is 22.7 Å². The highest BCUT2D eigenvalue weighted by atomic mass is 32.1. The molecule has 0 bridgehead atoms. The van der Waals surface area contributed by atoms with E-state index in [9.17, 15) is 5.11 Å². The van der Waals surface area contributed by atoms with Gasteiger partial charge >= 0.3 is 0 Å². The lowest BCUT2D eigenvalue weighted by atomic mass is 10.2. The zero-order valence-electron chi connectivity index (χ0n) is 10.4. The van der Waals surface area contributed by atoms with E-state index in [1.54, 1.807) is 22.7 Å². The number of hydrogen-bond donors (Lipinski definition) is 2. The molecule has 2 aromatic rings. The molecule has 98 valence electrons. The van der Waals surface area contributed by atoms with Crippen molar-refractivity contribution in [2.24, 2.45) is 0 Å². The van der Waals surface area contributed by atoms with Crippen molar-refractivity contribution in [2.45, 2.75) is 32.4 Å². The average molecular weight is 282 g/mol. The Morgan fingerprint density at radius 1 is 1.50 bits per heavy atom. The first kappa shape index (κ1) is 13.7. The van der Waals surface area contributed by atoms with Crippen LogP contribution in [0.1, 0.15) is 24.6 Å². The van der Waals surface area contributed by atoms with Crippen LogP contribution in [0.25, 0.3) is 10.6 Å². The molecule has 0 aliphatic heterocycles. The van der Waals surface area contributed by atoms with Gasteiger partial charge in [-0.1, -0.05) is 13.3 Å². The summed E-state index contributed by atoms with van der Waals surface area (Å²) in [5.41, 5.74) is 1.20. The molecule has 3 nitrogen and oxygen atoms in total. The molecule has 2 rings (SSSR count). The molecule has 0 spiro atoms. The second kappa shape index (κ2) is 6.99. The highest BCUT2D eigenvalue weighted by molar-refractivity contribution is 7.15. The monoisotopic (exact) mass is 282 g/mol. The number of nitrogens with one attached hydrogen (secondary N) is 1. The van der Waals surface area contributed by atoms with Crippen LogP contribution in [0.15, 0.2) is 23.0 Å². The summed E-state index contributed by atoms with van der Waals surface area (Å²) >= 11 is 3.40. The lowest BCUT2D eigenvalue weighted by Crippen LogP contribution is -2.25. The third-order valence-electron chi connectivity index (χ3n) is 2.62. The molecule has 0 saturated heterocycles. The number of aliphatic hydroxyl groups is 1. The molecule has 0 radical (unpaired) electrons. The Morgan fingerprint density at radius 3 is 3.11 bits per heavy atom. The Morgan fingerprint density at radius 2 is 2.39 bits per heavy atom. The normalized spacial score (nSPS) is 12.8. The summed E-state index contributed by atoms with van der Waals surface area (Å²) in [5.74, 6) is 0. The topological polar surface area (TPSA) is 45.1 Å². The van der Waals surface area contributed by atoms with Crippen molar-refractivity contribution in [2.75, 3.05) is 6.54 Å². The fraction of sp³-hybridized carbons (Fsp3) is 0.462. The third kappa shape index (κ3) is 3.88. The molecule has 0 saturated carbocycles. The van der Waals surface area contributed by atoms with Gasteiger partial charge in [0.15, 0.2) is 0 Å². The summed E-state index contributed by atoms with van der Waals surface area (Å²) in [6.45, 7) is 3.52. The lowest BCUT2D eigenvalue weighted by Gasteiger charge is -2.09. The molecule has 18 heavy (non-hydrogen) atoms. The standard InChI is InChI=1S/C13H18N2OS2/c1-2-3-11(16)6-14-7-12-8-15-13(18-12)10-4-5-17-9-10/h4-5,8-9,11,14,16H,2-3,6-7H2,1H3. The van der Waals surface area contributed by atoms with Gasteiger partial charge in [-0.15, -0.1) is 11.3 Å². The van der Waals surface area contributed by atoms with Crippen LogP contribution in [0.4, 0.5) is 0 Å². The van der Waals surface area contributed by atoms with E-state index >= 15 is 0 Å². The Balaban J connectivity index is 1.81. The van der Waals surface area contributed by atoms with Crippen molar-refractivity contribution in [3.8, 4) is 10.6 Å². The summed E-state index contributed by atoms with van der Waals surface area (Å²) in [7, 11) is 0. The molecule has 1 unspecified atom stereocenters. The molecule has 5 heteroatoms. The van der Waals surface area contributed by atoms with Crippen LogP contribution in [0.5, 0.6) is 0 Å². The second-order valence-electron chi connectivity index (χ2n) is 4.22. The van der Waals surface area contributed by atoms with Gasteiger partial charge in [-0.3, -0.25) is 0 Å². The first-order valence-electron chi connectivity index (χ1n) is 6.15. The second-order valence-corrected chi connectivity index (χ2v) is 6.11. The molecule has 0 amide bonds. The fourth-order valence-electron chi connectivity index (χ4n) is 1.71. The minimum absolute atomic E-state index is 0.237. The largest absolute Gasteiger partial charge is 0.392 e.